The minimum atomic E-state index is -0.0439. The fourth-order valence-corrected chi connectivity index (χ4v) is 3.61. The Labute approximate surface area is 70.7 Å². The van der Waals surface area contributed by atoms with Gasteiger partial charge >= 0.3 is 5.97 Å². The Morgan fingerprint density at radius 3 is 2.36 bits per heavy atom. The summed E-state index contributed by atoms with van der Waals surface area (Å²) >= 11 is 1.90. The second kappa shape index (κ2) is 1.94. The van der Waals surface area contributed by atoms with Gasteiger partial charge in [-0.05, 0) is 25.5 Å². The van der Waals surface area contributed by atoms with Crippen molar-refractivity contribution in [3.05, 3.63) is 0 Å². The van der Waals surface area contributed by atoms with Crippen molar-refractivity contribution in [1.29, 1.82) is 0 Å². The number of rotatable bonds is 2. The Kier molecular flexibility index (Phi) is 1.32. The van der Waals surface area contributed by atoms with Gasteiger partial charge < -0.3 is 4.74 Å². The molecule has 11 heavy (non-hydrogen) atoms. The van der Waals surface area contributed by atoms with E-state index in [1.165, 1.54) is 7.11 Å². The Bertz CT molecular complexity index is 192. The summed E-state index contributed by atoms with van der Waals surface area (Å²) in [6.45, 7) is 0. The molecule has 0 N–H and O–H groups in total. The largest absolute Gasteiger partial charge is 0.469 e. The summed E-state index contributed by atoms with van der Waals surface area (Å²) in [5.41, 5.74) is -0.0439. The Morgan fingerprint density at radius 1 is 1.45 bits per heavy atom. The number of methoxy groups -OCH3 is 1. The molecule has 0 amide bonds. The number of carbonyl (C=O) groups excluding carboxylic acids is 1. The summed E-state index contributed by atoms with van der Waals surface area (Å²) in [4.78, 5) is 11.2. The van der Waals surface area contributed by atoms with Crippen LogP contribution in [0.4, 0.5) is 0 Å². The Morgan fingerprint density at radius 2 is 2.00 bits per heavy atom. The molecule has 3 rings (SSSR count). The molecule has 0 saturated heterocycles. The molecule has 3 fully saturated rings. The number of ether oxygens (including phenoxy) is 1. The Balaban J connectivity index is 1.99. The smallest absolute Gasteiger partial charge is 0.311 e. The van der Waals surface area contributed by atoms with Crippen LogP contribution in [0.3, 0.4) is 0 Å². The van der Waals surface area contributed by atoms with Crippen molar-refractivity contribution in [3.8, 4) is 0 Å². The third kappa shape index (κ3) is 0.723. The topological polar surface area (TPSA) is 26.3 Å². The minimum absolute atomic E-state index is 0.00780. The molecule has 3 aliphatic carbocycles. The van der Waals surface area contributed by atoms with E-state index in [1.54, 1.807) is 0 Å². The summed E-state index contributed by atoms with van der Waals surface area (Å²) in [5, 5.41) is 0. The van der Waals surface area contributed by atoms with E-state index in [0.29, 0.717) is 4.75 Å². The van der Waals surface area contributed by atoms with Crippen LogP contribution in [0.25, 0.3) is 0 Å². The van der Waals surface area contributed by atoms with Gasteiger partial charge in [0.15, 0.2) is 0 Å². The zero-order chi connectivity index (χ0) is 8.11. The van der Waals surface area contributed by atoms with Crippen molar-refractivity contribution in [2.75, 3.05) is 13.4 Å². The third-order valence-electron chi connectivity index (χ3n) is 3.03. The molecule has 0 spiro atoms. The molecular formula is C8H12O2S. The van der Waals surface area contributed by atoms with Crippen LogP contribution >= 0.6 is 11.8 Å². The molecule has 0 unspecified atom stereocenters. The highest BCUT2D eigenvalue weighted by Crippen LogP contribution is 2.73. The molecular weight excluding hydrogens is 160 g/mol. The molecule has 0 atom stereocenters. The third-order valence-corrected chi connectivity index (χ3v) is 4.33. The van der Waals surface area contributed by atoms with Crippen LogP contribution in [0.15, 0.2) is 0 Å². The fraction of sp³-hybridized carbons (Fsp3) is 0.875. The molecule has 2 nitrogen and oxygen atoms in total. The van der Waals surface area contributed by atoms with Gasteiger partial charge in [-0.1, -0.05) is 0 Å². The van der Waals surface area contributed by atoms with Crippen LogP contribution in [0.5, 0.6) is 0 Å². The predicted octanol–water partition coefficient (Wildman–Crippen LogP) is 1.45. The van der Waals surface area contributed by atoms with Gasteiger partial charge in [-0.15, -0.1) is 0 Å². The Hall–Kier alpha value is -0.180. The summed E-state index contributed by atoms with van der Waals surface area (Å²) in [6, 6.07) is 0. The van der Waals surface area contributed by atoms with Crippen LogP contribution in [0.2, 0.25) is 0 Å². The summed E-state index contributed by atoms with van der Waals surface area (Å²) in [6.07, 6.45) is 5.27. The fourth-order valence-electron chi connectivity index (χ4n) is 2.34. The van der Waals surface area contributed by atoms with Gasteiger partial charge in [0.25, 0.3) is 0 Å². The molecule has 0 aliphatic heterocycles. The van der Waals surface area contributed by atoms with Crippen LogP contribution in [-0.2, 0) is 9.53 Å². The van der Waals surface area contributed by atoms with Crippen molar-refractivity contribution in [2.45, 2.75) is 24.0 Å². The average Bonchev–Trinajstić information content (AvgIpc) is 1.83. The van der Waals surface area contributed by atoms with Crippen LogP contribution in [0, 0.1) is 5.41 Å². The number of hydrogen-bond donors (Lipinski definition) is 0. The first-order valence-corrected chi connectivity index (χ1v) is 5.02. The molecule has 2 bridgehead atoms. The second-order valence-corrected chi connectivity index (χ2v) is 4.96. The molecule has 3 saturated carbocycles. The van der Waals surface area contributed by atoms with Gasteiger partial charge in [0.05, 0.1) is 12.5 Å². The van der Waals surface area contributed by atoms with Crippen molar-refractivity contribution in [1.82, 2.24) is 0 Å². The first-order valence-electron chi connectivity index (χ1n) is 3.80. The summed E-state index contributed by atoms with van der Waals surface area (Å²) in [5.74, 6) is 0.00780. The number of hydrogen-bond acceptors (Lipinski definition) is 3. The van der Waals surface area contributed by atoms with Crippen molar-refractivity contribution in [3.63, 3.8) is 0 Å². The van der Waals surface area contributed by atoms with E-state index in [4.69, 9.17) is 4.74 Å². The van der Waals surface area contributed by atoms with E-state index < -0.39 is 0 Å². The maximum atomic E-state index is 11.2. The number of thioether (sulfide) groups is 1. The van der Waals surface area contributed by atoms with E-state index in [1.807, 2.05) is 11.8 Å². The summed E-state index contributed by atoms with van der Waals surface area (Å²) < 4.78 is 5.20. The van der Waals surface area contributed by atoms with Gasteiger partial charge in [-0.3, -0.25) is 4.79 Å². The van der Waals surface area contributed by atoms with Crippen LogP contribution < -0.4 is 0 Å². The predicted molar refractivity (Wildman–Crippen MR) is 44.5 cm³/mol. The lowest BCUT2D eigenvalue weighted by molar-refractivity contribution is -0.180. The molecule has 0 heterocycles. The highest BCUT2D eigenvalue weighted by Gasteiger charge is 2.72. The monoisotopic (exact) mass is 172 g/mol. The number of esters is 1. The zero-order valence-corrected chi connectivity index (χ0v) is 7.66. The van der Waals surface area contributed by atoms with Crippen LogP contribution in [0.1, 0.15) is 19.3 Å². The standard InChI is InChI=1S/C8H12O2S/c1-10-6(9)7-3-8(4-7,5-7)11-2/h3-5H2,1-2H3. The average molecular weight is 172 g/mol. The van der Waals surface area contributed by atoms with E-state index in [-0.39, 0.29) is 11.4 Å². The molecule has 0 aromatic heterocycles. The lowest BCUT2D eigenvalue weighted by Gasteiger charge is -2.67. The van der Waals surface area contributed by atoms with Gasteiger partial charge in [0.1, 0.15) is 0 Å². The highest BCUT2D eigenvalue weighted by molar-refractivity contribution is 8.00. The van der Waals surface area contributed by atoms with Gasteiger partial charge in [-0.2, -0.15) is 11.8 Å². The van der Waals surface area contributed by atoms with E-state index in [0.717, 1.165) is 19.3 Å². The van der Waals surface area contributed by atoms with Gasteiger partial charge in [0.2, 0.25) is 0 Å². The second-order valence-electron chi connectivity index (χ2n) is 3.69. The molecule has 0 radical (unpaired) electrons. The van der Waals surface area contributed by atoms with Gasteiger partial charge in [0, 0.05) is 4.75 Å². The highest BCUT2D eigenvalue weighted by atomic mass is 32.2. The van der Waals surface area contributed by atoms with Crippen molar-refractivity contribution >= 4 is 17.7 Å². The molecule has 3 heteroatoms. The van der Waals surface area contributed by atoms with E-state index in [9.17, 15) is 4.79 Å². The first-order chi connectivity index (χ1) is 5.16. The van der Waals surface area contributed by atoms with E-state index >= 15 is 0 Å². The van der Waals surface area contributed by atoms with E-state index in [2.05, 4.69) is 6.26 Å². The summed E-state index contributed by atoms with van der Waals surface area (Å²) in [7, 11) is 1.48. The minimum Gasteiger partial charge on any atom is -0.469 e. The SMILES string of the molecule is COC(=O)C12CC(SC)(C1)C2. The number of carbonyl (C=O) groups is 1. The molecule has 0 aromatic rings. The molecule has 0 aromatic carbocycles. The normalized spacial score (nSPS) is 45.6. The first kappa shape index (κ1) is 7.47. The van der Waals surface area contributed by atoms with Crippen molar-refractivity contribution in [2.24, 2.45) is 5.41 Å². The van der Waals surface area contributed by atoms with Gasteiger partial charge in [-0.25, -0.2) is 0 Å². The maximum absolute atomic E-state index is 11.2. The zero-order valence-electron chi connectivity index (χ0n) is 6.85. The molecule has 3 aliphatic rings. The lowest BCUT2D eigenvalue weighted by atomic mass is 9.43. The quantitative estimate of drug-likeness (QED) is 0.590. The van der Waals surface area contributed by atoms with Crippen LogP contribution in [-0.4, -0.2) is 24.1 Å². The maximum Gasteiger partial charge on any atom is 0.311 e. The van der Waals surface area contributed by atoms with Crippen molar-refractivity contribution < 1.29 is 9.53 Å². The molecule has 62 valence electrons. The lowest BCUT2D eigenvalue weighted by Crippen LogP contribution is -2.68.